The zero-order valence-electron chi connectivity index (χ0n) is 9.06. The summed E-state index contributed by atoms with van der Waals surface area (Å²) < 4.78 is 4.75. The van der Waals surface area contributed by atoms with Crippen LogP contribution in [-0.2, 0) is 19.1 Å². The van der Waals surface area contributed by atoms with E-state index in [4.69, 9.17) is 4.74 Å². The van der Waals surface area contributed by atoms with Crippen LogP contribution in [0.15, 0.2) is 0 Å². The Balaban J connectivity index is 2.02. The van der Waals surface area contributed by atoms with Crippen molar-refractivity contribution in [2.24, 2.45) is 0 Å². The van der Waals surface area contributed by atoms with Crippen LogP contribution in [0, 0.1) is 0 Å². The molecule has 0 aliphatic carbocycles. The van der Waals surface area contributed by atoms with E-state index in [-0.39, 0.29) is 24.5 Å². The summed E-state index contributed by atoms with van der Waals surface area (Å²) in [5.41, 5.74) is 0. The Hall–Kier alpha value is -1.59. The third-order valence-corrected chi connectivity index (χ3v) is 2.91. The van der Waals surface area contributed by atoms with Gasteiger partial charge >= 0.3 is 5.97 Å². The molecule has 0 radical (unpaired) electrons. The van der Waals surface area contributed by atoms with Crippen LogP contribution in [-0.4, -0.2) is 47.9 Å². The van der Waals surface area contributed by atoms with Gasteiger partial charge in [-0.1, -0.05) is 0 Å². The van der Waals surface area contributed by atoms with Crippen molar-refractivity contribution in [2.45, 2.75) is 31.8 Å². The number of nitrogens with one attached hydrogen (secondary N) is 1. The summed E-state index contributed by atoms with van der Waals surface area (Å²) >= 11 is 0. The standard InChI is InChI=1S/C10H14N2O4/c1-6(13)16-5-7-10(15)12-4-2-3-8(12)9(14)11-7/h7-8H,2-5H2,1H3,(H,11,14)/t7-,8-/m0/s1. The van der Waals surface area contributed by atoms with E-state index in [1.165, 1.54) is 6.92 Å². The molecule has 88 valence electrons. The van der Waals surface area contributed by atoms with Gasteiger partial charge in [0.2, 0.25) is 11.8 Å². The summed E-state index contributed by atoms with van der Waals surface area (Å²) in [7, 11) is 0. The molecule has 0 bridgehead atoms. The van der Waals surface area contributed by atoms with Gasteiger partial charge in [-0.05, 0) is 12.8 Å². The van der Waals surface area contributed by atoms with E-state index in [0.29, 0.717) is 6.54 Å². The van der Waals surface area contributed by atoms with E-state index in [1.54, 1.807) is 4.90 Å². The molecule has 2 aliphatic rings. The number of amides is 2. The van der Waals surface area contributed by atoms with E-state index in [2.05, 4.69) is 5.32 Å². The number of nitrogens with zero attached hydrogens (tertiary/aromatic N) is 1. The molecule has 2 heterocycles. The predicted molar refractivity (Wildman–Crippen MR) is 53.3 cm³/mol. The van der Waals surface area contributed by atoms with Crippen molar-refractivity contribution in [3.63, 3.8) is 0 Å². The lowest BCUT2D eigenvalue weighted by Gasteiger charge is -2.34. The molecular formula is C10H14N2O4. The Bertz CT molecular complexity index is 342. The molecule has 0 aromatic rings. The van der Waals surface area contributed by atoms with E-state index < -0.39 is 12.0 Å². The molecule has 6 nitrogen and oxygen atoms in total. The highest BCUT2D eigenvalue weighted by atomic mass is 16.5. The number of esters is 1. The first kappa shape index (κ1) is 10.9. The van der Waals surface area contributed by atoms with Crippen molar-refractivity contribution >= 4 is 17.8 Å². The topological polar surface area (TPSA) is 75.7 Å². The van der Waals surface area contributed by atoms with Gasteiger partial charge < -0.3 is 15.0 Å². The number of hydrogen-bond donors (Lipinski definition) is 1. The molecule has 6 heteroatoms. The highest BCUT2D eigenvalue weighted by molar-refractivity contribution is 5.97. The van der Waals surface area contributed by atoms with Gasteiger partial charge in [-0.25, -0.2) is 0 Å². The zero-order valence-corrected chi connectivity index (χ0v) is 9.06. The second-order valence-corrected chi connectivity index (χ2v) is 4.05. The molecule has 2 atom stereocenters. The number of carbonyl (C=O) groups excluding carboxylic acids is 3. The summed E-state index contributed by atoms with van der Waals surface area (Å²) in [6.45, 7) is 1.81. The number of fused-ring (bicyclic) bond motifs is 1. The minimum Gasteiger partial charge on any atom is -0.463 e. The lowest BCUT2D eigenvalue weighted by Crippen LogP contribution is -2.62. The zero-order chi connectivity index (χ0) is 11.7. The highest BCUT2D eigenvalue weighted by Crippen LogP contribution is 2.21. The smallest absolute Gasteiger partial charge is 0.302 e. The maximum absolute atomic E-state index is 11.9. The van der Waals surface area contributed by atoms with Gasteiger partial charge in [-0.15, -0.1) is 0 Å². The second-order valence-electron chi connectivity index (χ2n) is 4.05. The number of ether oxygens (including phenoxy) is 1. The average Bonchev–Trinajstić information content (AvgIpc) is 2.70. The largest absolute Gasteiger partial charge is 0.463 e. The first-order valence-corrected chi connectivity index (χ1v) is 5.34. The van der Waals surface area contributed by atoms with Gasteiger partial charge in [0.1, 0.15) is 18.7 Å². The van der Waals surface area contributed by atoms with E-state index in [1.807, 2.05) is 0 Å². The maximum Gasteiger partial charge on any atom is 0.302 e. The molecule has 0 aromatic carbocycles. The first-order valence-electron chi connectivity index (χ1n) is 5.34. The van der Waals surface area contributed by atoms with Gasteiger partial charge in [-0.3, -0.25) is 14.4 Å². The lowest BCUT2D eigenvalue weighted by atomic mass is 10.1. The van der Waals surface area contributed by atoms with E-state index in [0.717, 1.165) is 12.8 Å². The monoisotopic (exact) mass is 226 g/mol. The Morgan fingerprint density at radius 3 is 3.00 bits per heavy atom. The average molecular weight is 226 g/mol. The van der Waals surface area contributed by atoms with E-state index >= 15 is 0 Å². The molecule has 16 heavy (non-hydrogen) atoms. The summed E-state index contributed by atoms with van der Waals surface area (Å²) in [6, 6.07) is -1.04. The molecule has 1 N–H and O–H groups in total. The maximum atomic E-state index is 11.9. The highest BCUT2D eigenvalue weighted by Gasteiger charge is 2.43. The van der Waals surface area contributed by atoms with Crippen molar-refractivity contribution in [1.82, 2.24) is 10.2 Å². The SMILES string of the molecule is CC(=O)OC[C@@H]1NC(=O)[C@@H]2CCCN2C1=O. The third kappa shape index (κ3) is 1.87. The van der Waals surface area contributed by atoms with Crippen LogP contribution in [0.25, 0.3) is 0 Å². The van der Waals surface area contributed by atoms with Gasteiger partial charge in [0.25, 0.3) is 0 Å². The van der Waals surface area contributed by atoms with Crippen LogP contribution >= 0.6 is 0 Å². The van der Waals surface area contributed by atoms with Gasteiger partial charge in [0.15, 0.2) is 0 Å². The quantitative estimate of drug-likeness (QED) is 0.615. The molecule has 2 amide bonds. The summed E-state index contributed by atoms with van der Waals surface area (Å²) in [6.07, 6.45) is 1.57. The number of rotatable bonds is 2. The number of hydrogen-bond acceptors (Lipinski definition) is 4. The minimum absolute atomic E-state index is 0.0802. The predicted octanol–water partition coefficient (Wildman–Crippen LogP) is -0.961. The lowest BCUT2D eigenvalue weighted by molar-refractivity contribution is -0.152. The molecule has 2 aliphatic heterocycles. The van der Waals surface area contributed by atoms with Crippen LogP contribution in [0.1, 0.15) is 19.8 Å². The third-order valence-electron chi connectivity index (χ3n) is 2.91. The Morgan fingerprint density at radius 2 is 2.31 bits per heavy atom. The molecule has 0 spiro atoms. The fourth-order valence-corrected chi connectivity index (χ4v) is 2.15. The van der Waals surface area contributed by atoms with Crippen molar-refractivity contribution in [3.05, 3.63) is 0 Å². The molecule has 0 aromatic heterocycles. The van der Waals surface area contributed by atoms with Crippen molar-refractivity contribution < 1.29 is 19.1 Å². The van der Waals surface area contributed by atoms with Gasteiger partial charge in [0.05, 0.1) is 0 Å². The Labute approximate surface area is 92.9 Å². The van der Waals surface area contributed by atoms with Crippen molar-refractivity contribution in [3.8, 4) is 0 Å². The first-order chi connectivity index (χ1) is 7.59. The fraction of sp³-hybridized carbons (Fsp3) is 0.700. The second kappa shape index (κ2) is 4.11. The molecule has 0 saturated carbocycles. The van der Waals surface area contributed by atoms with Gasteiger partial charge in [0, 0.05) is 13.5 Å². The Kier molecular flexibility index (Phi) is 2.80. The van der Waals surface area contributed by atoms with Gasteiger partial charge in [-0.2, -0.15) is 0 Å². The number of piperazine rings is 1. The molecule has 2 rings (SSSR count). The van der Waals surface area contributed by atoms with Crippen LogP contribution in [0.3, 0.4) is 0 Å². The van der Waals surface area contributed by atoms with Crippen molar-refractivity contribution in [1.29, 1.82) is 0 Å². The van der Waals surface area contributed by atoms with E-state index in [9.17, 15) is 14.4 Å². The molecular weight excluding hydrogens is 212 g/mol. The number of carbonyl (C=O) groups is 3. The molecule has 0 unspecified atom stereocenters. The molecule has 2 saturated heterocycles. The Morgan fingerprint density at radius 1 is 1.56 bits per heavy atom. The van der Waals surface area contributed by atoms with Crippen LogP contribution < -0.4 is 5.32 Å². The minimum atomic E-state index is -0.717. The van der Waals surface area contributed by atoms with Crippen LogP contribution in [0.4, 0.5) is 0 Å². The summed E-state index contributed by atoms with van der Waals surface area (Å²) in [4.78, 5) is 35.7. The van der Waals surface area contributed by atoms with Crippen LogP contribution in [0.5, 0.6) is 0 Å². The fourth-order valence-electron chi connectivity index (χ4n) is 2.15. The summed E-state index contributed by atoms with van der Waals surface area (Å²) in [5, 5.41) is 2.59. The summed E-state index contributed by atoms with van der Waals surface area (Å²) in [5.74, 6) is -0.747. The molecule has 2 fully saturated rings. The normalized spacial score (nSPS) is 28.7. The van der Waals surface area contributed by atoms with Crippen molar-refractivity contribution in [2.75, 3.05) is 13.2 Å². The van der Waals surface area contributed by atoms with Crippen LogP contribution in [0.2, 0.25) is 0 Å².